The van der Waals surface area contributed by atoms with Crippen LogP contribution in [0.2, 0.25) is 0 Å². The molecule has 0 aliphatic rings. The van der Waals surface area contributed by atoms with Gasteiger partial charge in [-0.1, -0.05) is 0 Å². The molecule has 0 radical (unpaired) electrons. The molecular weight excluding hydrogens is 250 g/mol. The van der Waals surface area contributed by atoms with Crippen LogP contribution in [0.15, 0.2) is 0 Å². The number of rotatable bonds is 6. The standard InChI is InChI=1S/C12H23N3O2S/c1-9(2)18(16,17)7-6-15-11(4)12(8-13-5)10(3)14-15/h9,13H,6-8H2,1-5H3. The maximum Gasteiger partial charge on any atom is 0.154 e. The molecule has 1 rings (SSSR count). The Morgan fingerprint density at radius 2 is 1.94 bits per heavy atom. The number of nitrogens with one attached hydrogen (secondary N) is 1. The highest BCUT2D eigenvalue weighted by Crippen LogP contribution is 2.13. The van der Waals surface area contributed by atoms with Crippen LogP contribution in [-0.2, 0) is 22.9 Å². The van der Waals surface area contributed by atoms with E-state index in [1.807, 2.05) is 20.9 Å². The van der Waals surface area contributed by atoms with Crippen LogP contribution < -0.4 is 5.32 Å². The van der Waals surface area contributed by atoms with Crippen LogP contribution in [0.5, 0.6) is 0 Å². The van der Waals surface area contributed by atoms with Crippen LogP contribution in [0.4, 0.5) is 0 Å². The molecule has 0 fully saturated rings. The minimum absolute atomic E-state index is 0.144. The third-order valence-corrected chi connectivity index (χ3v) is 5.38. The molecule has 1 N–H and O–H groups in total. The first kappa shape index (κ1) is 15.2. The maximum absolute atomic E-state index is 11.8. The molecule has 5 nitrogen and oxygen atoms in total. The van der Waals surface area contributed by atoms with Crippen molar-refractivity contribution in [3.8, 4) is 0 Å². The smallest absolute Gasteiger partial charge is 0.154 e. The Morgan fingerprint density at radius 1 is 1.33 bits per heavy atom. The van der Waals surface area contributed by atoms with Crippen molar-refractivity contribution in [3.05, 3.63) is 17.0 Å². The second kappa shape index (κ2) is 5.84. The molecule has 0 aliphatic heterocycles. The zero-order valence-electron chi connectivity index (χ0n) is 11.8. The van der Waals surface area contributed by atoms with Gasteiger partial charge in [0.1, 0.15) is 0 Å². The van der Waals surface area contributed by atoms with E-state index in [1.54, 1.807) is 18.5 Å². The summed E-state index contributed by atoms with van der Waals surface area (Å²) in [5.41, 5.74) is 3.16. The van der Waals surface area contributed by atoms with E-state index in [4.69, 9.17) is 0 Å². The number of aryl methyl sites for hydroxylation is 2. The second-order valence-corrected chi connectivity index (χ2v) is 7.50. The van der Waals surface area contributed by atoms with Crippen molar-refractivity contribution in [2.75, 3.05) is 12.8 Å². The summed E-state index contributed by atoms with van der Waals surface area (Å²) < 4.78 is 25.4. The predicted octanol–water partition coefficient (Wildman–Crippen LogP) is 1.04. The number of aromatic nitrogens is 2. The van der Waals surface area contributed by atoms with Crippen LogP contribution in [0.3, 0.4) is 0 Å². The van der Waals surface area contributed by atoms with E-state index in [1.165, 1.54) is 0 Å². The zero-order valence-corrected chi connectivity index (χ0v) is 12.6. The molecule has 0 unspecified atom stereocenters. The number of hydrogen-bond donors (Lipinski definition) is 1. The summed E-state index contributed by atoms with van der Waals surface area (Å²) in [5, 5.41) is 7.17. The Balaban J connectivity index is 2.84. The van der Waals surface area contributed by atoms with E-state index in [2.05, 4.69) is 10.4 Å². The van der Waals surface area contributed by atoms with Crippen LogP contribution in [0.1, 0.15) is 30.8 Å². The molecule has 0 amide bonds. The fourth-order valence-electron chi connectivity index (χ4n) is 1.83. The van der Waals surface area contributed by atoms with Crippen LogP contribution in [0, 0.1) is 13.8 Å². The lowest BCUT2D eigenvalue weighted by Crippen LogP contribution is -2.22. The van der Waals surface area contributed by atoms with Crippen molar-refractivity contribution in [1.82, 2.24) is 15.1 Å². The summed E-state index contributed by atoms with van der Waals surface area (Å²) in [6.07, 6.45) is 0. The molecule has 0 saturated carbocycles. The van der Waals surface area contributed by atoms with E-state index in [0.717, 1.165) is 23.5 Å². The van der Waals surface area contributed by atoms with Gasteiger partial charge in [0.15, 0.2) is 9.84 Å². The summed E-state index contributed by atoms with van der Waals surface area (Å²) in [4.78, 5) is 0. The summed E-state index contributed by atoms with van der Waals surface area (Å²) in [6.45, 7) is 8.54. The van der Waals surface area contributed by atoms with Crippen molar-refractivity contribution < 1.29 is 8.42 Å². The lowest BCUT2D eigenvalue weighted by molar-refractivity contribution is 0.568. The molecule has 1 aromatic rings. The van der Waals surface area contributed by atoms with Crippen molar-refractivity contribution in [2.24, 2.45) is 0 Å². The van der Waals surface area contributed by atoms with E-state index < -0.39 is 9.84 Å². The van der Waals surface area contributed by atoms with Gasteiger partial charge in [-0.05, 0) is 34.7 Å². The highest BCUT2D eigenvalue weighted by atomic mass is 32.2. The first-order valence-electron chi connectivity index (χ1n) is 6.18. The Labute approximate surface area is 109 Å². The van der Waals surface area contributed by atoms with Gasteiger partial charge in [0, 0.05) is 17.8 Å². The van der Waals surface area contributed by atoms with Gasteiger partial charge in [0.25, 0.3) is 0 Å². The van der Waals surface area contributed by atoms with E-state index in [0.29, 0.717) is 6.54 Å². The zero-order chi connectivity index (χ0) is 13.9. The van der Waals surface area contributed by atoms with Gasteiger partial charge in [-0.25, -0.2) is 8.42 Å². The minimum atomic E-state index is -3.01. The molecule has 1 heterocycles. The third-order valence-electron chi connectivity index (χ3n) is 3.19. The molecule has 104 valence electrons. The summed E-state index contributed by atoms with van der Waals surface area (Å²) in [5.74, 6) is 0.144. The molecule has 0 aliphatic carbocycles. The fraction of sp³-hybridized carbons (Fsp3) is 0.750. The molecule has 0 saturated heterocycles. The van der Waals surface area contributed by atoms with E-state index >= 15 is 0 Å². The lowest BCUT2D eigenvalue weighted by atomic mass is 10.2. The molecule has 0 atom stereocenters. The van der Waals surface area contributed by atoms with Gasteiger partial charge in [0.05, 0.1) is 23.2 Å². The maximum atomic E-state index is 11.8. The Hall–Kier alpha value is -0.880. The van der Waals surface area contributed by atoms with Crippen molar-refractivity contribution in [3.63, 3.8) is 0 Å². The molecule has 0 bridgehead atoms. The quantitative estimate of drug-likeness (QED) is 0.841. The Morgan fingerprint density at radius 3 is 2.44 bits per heavy atom. The van der Waals surface area contributed by atoms with Crippen LogP contribution in [0.25, 0.3) is 0 Å². The van der Waals surface area contributed by atoms with Gasteiger partial charge in [0.2, 0.25) is 0 Å². The lowest BCUT2D eigenvalue weighted by Gasteiger charge is -2.09. The normalized spacial score (nSPS) is 12.3. The monoisotopic (exact) mass is 273 g/mol. The molecule has 0 aromatic carbocycles. The van der Waals surface area contributed by atoms with Crippen molar-refractivity contribution in [1.29, 1.82) is 0 Å². The van der Waals surface area contributed by atoms with Crippen LogP contribution >= 0.6 is 0 Å². The van der Waals surface area contributed by atoms with Gasteiger partial charge < -0.3 is 5.32 Å². The molecule has 6 heteroatoms. The molecule has 18 heavy (non-hydrogen) atoms. The Kier molecular flexibility index (Phi) is 4.92. The largest absolute Gasteiger partial charge is 0.316 e. The summed E-state index contributed by atoms with van der Waals surface area (Å²) in [7, 11) is -1.12. The van der Waals surface area contributed by atoms with E-state index in [9.17, 15) is 8.42 Å². The highest BCUT2D eigenvalue weighted by Gasteiger charge is 2.18. The Bertz CT molecular complexity index is 504. The molecule has 1 aromatic heterocycles. The van der Waals surface area contributed by atoms with E-state index in [-0.39, 0.29) is 11.0 Å². The SMILES string of the molecule is CNCc1c(C)nn(CCS(=O)(=O)C(C)C)c1C. The average Bonchev–Trinajstić information content (AvgIpc) is 2.54. The summed E-state index contributed by atoms with van der Waals surface area (Å²) in [6, 6.07) is 0. The predicted molar refractivity (Wildman–Crippen MR) is 73.4 cm³/mol. The molecule has 0 spiro atoms. The number of nitrogens with zero attached hydrogens (tertiary/aromatic N) is 2. The second-order valence-electron chi connectivity index (χ2n) is 4.82. The topological polar surface area (TPSA) is 64.0 Å². The molecular formula is C12H23N3O2S. The number of sulfone groups is 1. The van der Waals surface area contributed by atoms with Crippen molar-refractivity contribution in [2.45, 2.75) is 46.0 Å². The minimum Gasteiger partial charge on any atom is -0.316 e. The fourth-order valence-corrected chi connectivity index (χ4v) is 2.73. The first-order valence-corrected chi connectivity index (χ1v) is 7.90. The van der Waals surface area contributed by atoms with Crippen molar-refractivity contribution >= 4 is 9.84 Å². The average molecular weight is 273 g/mol. The van der Waals surface area contributed by atoms with Gasteiger partial charge in [-0.2, -0.15) is 5.10 Å². The van der Waals surface area contributed by atoms with Gasteiger partial charge in [-0.15, -0.1) is 0 Å². The van der Waals surface area contributed by atoms with Gasteiger partial charge in [-0.3, -0.25) is 4.68 Å². The van der Waals surface area contributed by atoms with Gasteiger partial charge >= 0.3 is 0 Å². The first-order chi connectivity index (χ1) is 8.29. The van der Waals surface area contributed by atoms with Crippen LogP contribution in [-0.4, -0.2) is 36.2 Å². The highest BCUT2D eigenvalue weighted by molar-refractivity contribution is 7.91. The third kappa shape index (κ3) is 3.32. The number of hydrogen-bond acceptors (Lipinski definition) is 4. The summed E-state index contributed by atoms with van der Waals surface area (Å²) >= 11 is 0.